The molecule has 2 aromatic carbocycles. The van der Waals surface area contributed by atoms with E-state index < -0.39 is 0 Å². The van der Waals surface area contributed by atoms with Crippen LogP contribution >= 0.6 is 22.6 Å². The Kier molecular flexibility index (Phi) is 7.29. The molecule has 0 aromatic heterocycles. The van der Waals surface area contributed by atoms with Crippen LogP contribution in [0.25, 0.3) is 0 Å². The second-order valence-corrected chi connectivity index (χ2v) is 6.45. The van der Waals surface area contributed by atoms with E-state index in [9.17, 15) is 4.79 Å². The van der Waals surface area contributed by atoms with E-state index in [4.69, 9.17) is 0 Å². The molecule has 0 atom stereocenters. The number of carbonyl (C=O) groups is 1. The van der Waals surface area contributed by atoms with Gasteiger partial charge in [0.1, 0.15) is 0 Å². The van der Waals surface area contributed by atoms with Crippen LogP contribution in [0.1, 0.15) is 5.56 Å². The molecule has 0 heterocycles. The predicted octanol–water partition coefficient (Wildman–Crippen LogP) is 3.96. The van der Waals surface area contributed by atoms with Crippen LogP contribution in [0, 0.1) is 3.57 Å². The number of anilines is 1. The largest absolute Gasteiger partial charge is 0.324 e. The van der Waals surface area contributed by atoms with Crippen molar-refractivity contribution in [1.82, 2.24) is 4.90 Å². The molecule has 0 aliphatic rings. The molecule has 23 heavy (non-hydrogen) atoms. The lowest BCUT2D eigenvalue weighted by Gasteiger charge is -2.20. The first-order valence-corrected chi connectivity index (χ1v) is 8.68. The van der Waals surface area contributed by atoms with Gasteiger partial charge in [-0.25, -0.2) is 0 Å². The van der Waals surface area contributed by atoms with Crippen molar-refractivity contribution in [3.8, 4) is 0 Å². The lowest BCUT2D eigenvalue weighted by molar-refractivity contribution is -0.117. The first-order chi connectivity index (χ1) is 11.2. The molecule has 1 N–H and O–H groups in total. The standard InChI is InChI=1S/C19H21IN2O/c1-2-13-22(14-12-16-8-4-3-5-9-16)15-19(23)21-18-11-7-6-10-17(18)20/h2-11H,1,12-15H2,(H,21,23). The maximum absolute atomic E-state index is 12.3. The van der Waals surface area contributed by atoms with Crippen molar-refractivity contribution in [3.63, 3.8) is 0 Å². The van der Waals surface area contributed by atoms with Crippen molar-refractivity contribution in [2.45, 2.75) is 6.42 Å². The molecule has 4 heteroatoms. The highest BCUT2D eigenvalue weighted by atomic mass is 127. The molecule has 0 aliphatic carbocycles. The van der Waals surface area contributed by atoms with Crippen LogP contribution in [-0.4, -0.2) is 30.4 Å². The number of hydrogen-bond donors (Lipinski definition) is 1. The van der Waals surface area contributed by atoms with Gasteiger partial charge in [-0.2, -0.15) is 0 Å². The van der Waals surface area contributed by atoms with Crippen LogP contribution in [0.4, 0.5) is 5.69 Å². The van der Waals surface area contributed by atoms with Crippen molar-refractivity contribution in [1.29, 1.82) is 0 Å². The molecule has 0 radical (unpaired) electrons. The molecule has 0 aliphatic heterocycles. The second-order valence-electron chi connectivity index (χ2n) is 5.29. The number of amides is 1. The van der Waals surface area contributed by atoms with E-state index in [-0.39, 0.29) is 5.91 Å². The van der Waals surface area contributed by atoms with Crippen molar-refractivity contribution in [2.24, 2.45) is 0 Å². The third kappa shape index (κ3) is 6.15. The summed E-state index contributed by atoms with van der Waals surface area (Å²) in [5, 5.41) is 2.97. The maximum atomic E-state index is 12.3. The molecule has 0 saturated carbocycles. The highest BCUT2D eigenvalue weighted by Crippen LogP contribution is 2.16. The van der Waals surface area contributed by atoms with Gasteiger partial charge in [-0.1, -0.05) is 48.5 Å². The topological polar surface area (TPSA) is 32.3 Å². The molecule has 3 nitrogen and oxygen atoms in total. The Morgan fingerprint density at radius 2 is 1.83 bits per heavy atom. The number of nitrogens with one attached hydrogen (secondary N) is 1. The van der Waals surface area contributed by atoms with Gasteiger partial charge >= 0.3 is 0 Å². The highest BCUT2D eigenvalue weighted by molar-refractivity contribution is 14.1. The number of hydrogen-bond acceptors (Lipinski definition) is 2. The fraction of sp³-hybridized carbons (Fsp3) is 0.211. The Balaban J connectivity index is 1.89. The fourth-order valence-corrected chi connectivity index (χ4v) is 2.83. The van der Waals surface area contributed by atoms with E-state index in [0.717, 1.165) is 22.2 Å². The minimum absolute atomic E-state index is 0.00373. The minimum Gasteiger partial charge on any atom is -0.324 e. The summed E-state index contributed by atoms with van der Waals surface area (Å²) in [6.45, 7) is 5.68. The van der Waals surface area contributed by atoms with Crippen LogP contribution in [0.15, 0.2) is 67.3 Å². The van der Waals surface area contributed by atoms with E-state index in [1.54, 1.807) is 0 Å². The SMILES string of the molecule is C=CCN(CCc1ccccc1)CC(=O)Nc1ccccc1I. The summed E-state index contributed by atoms with van der Waals surface area (Å²) in [4.78, 5) is 14.4. The van der Waals surface area contributed by atoms with Crippen LogP contribution in [0.2, 0.25) is 0 Å². The Labute approximate surface area is 151 Å². The summed E-state index contributed by atoms with van der Waals surface area (Å²) in [5.41, 5.74) is 2.14. The number of nitrogens with zero attached hydrogens (tertiary/aromatic N) is 1. The first-order valence-electron chi connectivity index (χ1n) is 7.60. The van der Waals surface area contributed by atoms with Gasteiger partial charge in [-0.05, 0) is 46.7 Å². The summed E-state index contributed by atoms with van der Waals surface area (Å²) in [7, 11) is 0. The third-order valence-electron chi connectivity index (χ3n) is 3.46. The molecular weight excluding hydrogens is 399 g/mol. The number of para-hydroxylation sites is 1. The Hall–Kier alpha value is -1.66. The molecule has 0 fully saturated rings. The number of halogens is 1. The average Bonchev–Trinajstić information content (AvgIpc) is 2.56. The number of carbonyl (C=O) groups excluding carboxylic acids is 1. The Morgan fingerprint density at radius 3 is 2.52 bits per heavy atom. The normalized spacial score (nSPS) is 10.5. The lowest BCUT2D eigenvalue weighted by atomic mass is 10.1. The quantitative estimate of drug-likeness (QED) is 0.518. The van der Waals surface area contributed by atoms with Gasteiger partial charge in [-0.15, -0.1) is 6.58 Å². The molecule has 0 bridgehead atoms. The van der Waals surface area contributed by atoms with Crippen molar-refractivity contribution < 1.29 is 4.79 Å². The fourth-order valence-electron chi connectivity index (χ4n) is 2.30. The number of benzene rings is 2. The minimum atomic E-state index is 0.00373. The molecule has 1 amide bonds. The highest BCUT2D eigenvalue weighted by Gasteiger charge is 2.11. The Bertz CT molecular complexity index is 643. The second kappa shape index (κ2) is 9.47. The Morgan fingerprint density at radius 1 is 1.13 bits per heavy atom. The van der Waals surface area contributed by atoms with Gasteiger partial charge in [0.05, 0.1) is 12.2 Å². The van der Waals surface area contributed by atoms with Gasteiger partial charge in [0, 0.05) is 16.7 Å². The van der Waals surface area contributed by atoms with Crippen LogP contribution in [0.3, 0.4) is 0 Å². The molecule has 2 aromatic rings. The third-order valence-corrected chi connectivity index (χ3v) is 4.40. The van der Waals surface area contributed by atoms with Gasteiger partial charge in [-0.3, -0.25) is 9.69 Å². The summed E-state index contributed by atoms with van der Waals surface area (Å²) in [6, 6.07) is 18.1. The van der Waals surface area contributed by atoms with Gasteiger partial charge in [0.2, 0.25) is 5.91 Å². The summed E-state index contributed by atoms with van der Waals surface area (Å²) in [6.07, 6.45) is 2.76. The smallest absolute Gasteiger partial charge is 0.238 e. The molecule has 0 saturated heterocycles. The van der Waals surface area contributed by atoms with Crippen molar-refractivity contribution >= 4 is 34.2 Å². The zero-order chi connectivity index (χ0) is 16.5. The van der Waals surface area contributed by atoms with Gasteiger partial charge < -0.3 is 5.32 Å². The molecular formula is C19H21IN2O. The zero-order valence-electron chi connectivity index (χ0n) is 13.0. The summed E-state index contributed by atoms with van der Waals surface area (Å²) >= 11 is 2.22. The van der Waals surface area contributed by atoms with E-state index in [1.807, 2.05) is 48.5 Å². The zero-order valence-corrected chi connectivity index (χ0v) is 15.2. The average molecular weight is 420 g/mol. The van der Waals surface area contributed by atoms with E-state index in [2.05, 4.69) is 51.5 Å². The summed E-state index contributed by atoms with van der Waals surface area (Å²) in [5.74, 6) is 0.00373. The van der Waals surface area contributed by atoms with E-state index >= 15 is 0 Å². The molecule has 0 unspecified atom stereocenters. The maximum Gasteiger partial charge on any atom is 0.238 e. The lowest BCUT2D eigenvalue weighted by Crippen LogP contribution is -2.35. The van der Waals surface area contributed by atoms with Crippen LogP contribution in [-0.2, 0) is 11.2 Å². The van der Waals surface area contributed by atoms with E-state index in [1.165, 1.54) is 5.56 Å². The van der Waals surface area contributed by atoms with Crippen LogP contribution in [0.5, 0.6) is 0 Å². The van der Waals surface area contributed by atoms with E-state index in [0.29, 0.717) is 13.1 Å². The number of rotatable bonds is 8. The van der Waals surface area contributed by atoms with Gasteiger partial charge in [0.15, 0.2) is 0 Å². The monoisotopic (exact) mass is 420 g/mol. The molecule has 2 rings (SSSR count). The van der Waals surface area contributed by atoms with Crippen molar-refractivity contribution in [2.75, 3.05) is 25.0 Å². The van der Waals surface area contributed by atoms with Crippen LogP contribution < -0.4 is 5.32 Å². The van der Waals surface area contributed by atoms with Gasteiger partial charge in [0.25, 0.3) is 0 Å². The van der Waals surface area contributed by atoms with Crippen molar-refractivity contribution in [3.05, 3.63) is 76.4 Å². The first kappa shape index (κ1) is 17.7. The molecule has 0 spiro atoms. The predicted molar refractivity (Wildman–Crippen MR) is 105 cm³/mol. The summed E-state index contributed by atoms with van der Waals surface area (Å²) < 4.78 is 1.04. The molecule has 120 valence electrons.